The number of guanidine groups is 1. The number of fused-ring (bicyclic) bond motifs is 1. The van der Waals surface area contributed by atoms with E-state index < -0.39 is 0 Å². The first-order chi connectivity index (χ1) is 14.7. The second-order valence-electron chi connectivity index (χ2n) is 7.15. The molecule has 2 heterocycles. The lowest BCUT2D eigenvalue weighted by Crippen LogP contribution is -2.39. The van der Waals surface area contributed by atoms with Gasteiger partial charge in [0, 0.05) is 50.0 Å². The summed E-state index contributed by atoms with van der Waals surface area (Å²) >= 11 is 0. The van der Waals surface area contributed by atoms with Gasteiger partial charge in [-0.05, 0) is 50.3 Å². The maximum absolute atomic E-state index is 12.0. The Morgan fingerprint density at radius 3 is 2.65 bits per heavy atom. The molecule has 1 amide bonds. The van der Waals surface area contributed by atoms with Gasteiger partial charge in [-0.25, -0.2) is 0 Å². The summed E-state index contributed by atoms with van der Waals surface area (Å²) in [5.41, 5.74) is 2.11. The monoisotopic (exact) mass is 537 g/mol. The first-order valence-electron chi connectivity index (χ1n) is 10.6. The number of furan rings is 1. The number of carbonyl (C=O) groups is 1. The van der Waals surface area contributed by atoms with Crippen LogP contribution in [0.4, 0.5) is 0 Å². The Morgan fingerprint density at radius 2 is 1.87 bits per heavy atom. The number of hydrogen-bond acceptors (Lipinski definition) is 3. The number of nitrogens with one attached hydrogen (secondary N) is 3. The van der Waals surface area contributed by atoms with E-state index in [2.05, 4.69) is 69.0 Å². The fraction of sp³-hybridized carbons (Fsp3) is 0.391. The molecule has 0 aliphatic rings. The molecule has 3 aromatic rings. The smallest absolute Gasteiger partial charge is 0.287 e. The van der Waals surface area contributed by atoms with Gasteiger partial charge in [0.2, 0.25) is 0 Å². The van der Waals surface area contributed by atoms with E-state index in [0.29, 0.717) is 12.3 Å². The van der Waals surface area contributed by atoms with E-state index in [4.69, 9.17) is 4.42 Å². The Hall–Kier alpha value is -2.49. The summed E-state index contributed by atoms with van der Waals surface area (Å²) in [7, 11) is 0. The fourth-order valence-corrected chi connectivity index (χ4v) is 3.29. The Labute approximate surface area is 200 Å². The molecule has 0 unspecified atom stereocenters. The molecule has 3 N–H and O–H groups in total. The SMILES string of the molecule is CCNC(=NCCCn1ccc2ccccc21)NCCCNC(=O)c1occc1C.I. The highest BCUT2D eigenvalue weighted by molar-refractivity contribution is 14.0. The van der Waals surface area contributed by atoms with Crippen molar-refractivity contribution in [1.29, 1.82) is 0 Å². The first kappa shape index (κ1) is 24.8. The molecule has 8 heteroatoms. The molecule has 7 nitrogen and oxygen atoms in total. The standard InChI is InChI=1S/C23H31N5O2.HI/c1-3-24-23(26-13-6-12-25-22(29)21-18(2)11-17-30-21)27-14-7-15-28-16-10-19-8-4-5-9-20(19)28;/h4-5,8-11,16-17H,3,6-7,12-15H2,1-2H3,(H,25,29)(H2,24,26,27);1H. The van der Waals surface area contributed by atoms with Gasteiger partial charge in [0.1, 0.15) is 0 Å². The molecular formula is C23H32IN5O2. The zero-order valence-corrected chi connectivity index (χ0v) is 20.5. The van der Waals surface area contributed by atoms with Crippen LogP contribution in [0.3, 0.4) is 0 Å². The zero-order chi connectivity index (χ0) is 21.2. The number of amides is 1. The minimum absolute atomic E-state index is 0. The van der Waals surface area contributed by atoms with Crippen molar-refractivity contribution in [2.24, 2.45) is 4.99 Å². The Morgan fingerprint density at radius 1 is 1.06 bits per heavy atom. The molecule has 0 saturated carbocycles. The normalized spacial score (nSPS) is 11.2. The van der Waals surface area contributed by atoms with Crippen LogP contribution in [-0.4, -0.2) is 42.6 Å². The second-order valence-corrected chi connectivity index (χ2v) is 7.15. The van der Waals surface area contributed by atoms with E-state index in [1.54, 1.807) is 6.07 Å². The van der Waals surface area contributed by atoms with Gasteiger partial charge in [-0.1, -0.05) is 18.2 Å². The molecule has 2 aromatic heterocycles. The third-order valence-corrected chi connectivity index (χ3v) is 4.85. The molecule has 31 heavy (non-hydrogen) atoms. The van der Waals surface area contributed by atoms with Crippen LogP contribution in [0.5, 0.6) is 0 Å². The van der Waals surface area contributed by atoms with Gasteiger partial charge >= 0.3 is 0 Å². The topological polar surface area (TPSA) is 83.6 Å². The number of benzene rings is 1. The minimum atomic E-state index is -0.171. The van der Waals surface area contributed by atoms with Crippen molar-refractivity contribution < 1.29 is 9.21 Å². The van der Waals surface area contributed by atoms with E-state index in [-0.39, 0.29) is 29.9 Å². The number of carbonyl (C=O) groups excluding carboxylic acids is 1. The highest BCUT2D eigenvalue weighted by Crippen LogP contribution is 2.15. The van der Waals surface area contributed by atoms with Crippen LogP contribution < -0.4 is 16.0 Å². The molecule has 0 atom stereocenters. The van der Waals surface area contributed by atoms with E-state index >= 15 is 0 Å². The summed E-state index contributed by atoms with van der Waals surface area (Å²) in [6.45, 7) is 7.71. The van der Waals surface area contributed by atoms with Crippen molar-refractivity contribution >= 4 is 46.7 Å². The maximum Gasteiger partial charge on any atom is 0.287 e. The number of nitrogens with zero attached hydrogens (tertiary/aromatic N) is 2. The van der Waals surface area contributed by atoms with Gasteiger partial charge in [-0.2, -0.15) is 0 Å². The number of rotatable bonds is 10. The van der Waals surface area contributed by atoms with Gasteiger partial charge in [-0.15, -0.1) is 24.0 Å². The molecule has 0 spiro atoms. The lowest BCUT2D eigenvalue weighted by Gasteiger charge is -2.12. The molecule has 3 rings (SSSR count). The van der Waals surface area contributed by atoms with Gasteiger partial charge in [0.05, 0.1) is 6.26 Å². The van der Waals surface area contributed by atoms with E-state index in [1.165, 1.54) is 17.2 Å². The van der Waals surface area contributed by atoms with Crippen LogP contribution in [0.1, 0.15) is 35.9 Å². The van der Waals surface area contributed by atoms with Crippen molar-refractivity contribution in [3.05, 3.63) is 60.2 Å². The molecule has 0 saturated heterocycles. The number of aliphatic imine (C=N–C) groups is 1. The summed E-state index contributed by atoms with van der Waals surface area (Å²) < 4.78 is 7.47. The number of aromatic nitrogens is 1. The molecule has 0 radical (unpaired) electrons. The highest BCUT2D eigenvalue weighted by atomic mass is 127. The third kappa shape index (κ3) is 7.30. The zero-order valence-electron chi connectivity index (χ0n) is 18.2. The largest absolute Gasteiger partial charge is 0.459 e. The highest BCUT2D eigenvalue weighted by Gasteiger charge is 2.11. The van der Waals surface area contributed by atoms with E-state index in [0.717, 1.165) is 50.5 Å². The average Bonchev–Trinajstić information content (AvgIpc) is 3.37. The Kier molecular flexibility index (Phi) is 10.4. The van der Waals surface area contributed by atoms with Crippen LogP contribution in [0.15, 0.2) is 58.3 Å². The number of para-hydroxylation sites is 1. The maximum atomic E-state index is 12.0. The van der Waals surface area contributed by atoms with Gasteiger partial charge < -0.3 is 24.9 Å². The lowest BCUT2D eigenvalue weighted by atomic mass is 10.2. The first-order valence-corrected chi connectivity index (χ1v) is 10.6. The summed E-state index contributed by atoms with van der Waals surface area (Å²) in [5.74, 6) is 1.02. The number of hydrogen-bond donors (Lipinski definition) is 3. The molecule has 168 valence electrons. The third-order valence-electron chi connectivity index (χ3n) is 4.85. The van der Waals surface area contributed by atoms with Gasteiger partial charge in [-0.3, -0.25) is 9.79 Å². The second kappa shape index (κ2) is 13.0. The Bertz CT molecular complexity index is 979. The van der Waals surface area contributed by atoms with Crippen molar-refractivity contribution in [3.63, 3.8) is 0 Å². The van der Waals surface area contributed by atoms with Crippen molar-refractivity contribution in [2.75, 3.05) is 26.2 Å². The quantitative estimate of drug-likeness (QED) is 0.159. The van der Waals surface area contributed by atoms with Crippen molar-refractivity contribution in [2.45, 2.75) is 33.2 Å². The molecule has 0 aliphatic carbocycles. The van der Waals surface area contributed by atoms with Crippen LogP contribution in [0, 0.1) is 6.92 Å². The van der Waals surface area contributed by atoms with E-state index in [9.17, 15) is 4.79 Å². The molecular weight excluding hydrogens is 505 g/mol. The van der Waals surface area contributed by atoms with Gasteiger partial charge in [0.25, 0.3) is 5.91 Å². The van der Waals surface area contributed by atoms with Gasteiger partial charge in [0.15, 0.2) is 11.7 Å². The summed E-state index contributed by atoms with van der Waals surface area (Å²) in [6, 6.07) is 12.4. The minimum Gasteiger partial charge on any atom is -0.459 e. The molecule has 0 fully saturated rings. The van der Waals surface area contributed by atoms with Crippen LogP contribution in [0.25, 0.3) is 10.9 Å². The Balaban J connectivity index is 0.00000341. The lowest BCUT2D eigenvalue weighted by molar-refractivity contribution is 0.0925. The van der Waals surface area contributed by atoms with E-state index in [1.807, 2.05) is 6.92 Å². The molecule has 0 aliphatic heterocycles. The molecule has 1 aromatic carbocycles. The van der Waals surface area contributed by atoms with Crippen LogP contribution in [-0.2, 0) is 6.54 Å². The number of halogens is 1. The summed E-state index contributed by atoms with van der Waals surface area (Å²) in [4.78, 5) is 16.7. The fourth-order valence-electron chi connectivity index (χ4n) is 3.29. The van der Waals surface area contributed by atoms with Crippen LogP contribution in [0.2, 0.25) is 0 Å². The van der Waals surface area contributed by atoms with Crippen molar-refractivity contribution in [1.82, 2.24) is 20.5 Å². The predicted molar refractivity (Wildman–Crippen MR) is 136 cm³/mol. The summed E-state index contributed by atoms with van der Waals surface area (Å²) in [5, 5.41) is 10.7. The van der Waals surface area contributed by atoms with Crippen molar-refractivity contribution in [3.8, 4) is 0 Å². The summed E-state index contributed by atoms with van der Waals surface area (Å²) in [6.07, 6.45) is 5.43. The number of aryl methyl sites for hydroxylation is 2. The average molecular weight is 537 g/mol. The van der Waals surface area contributed by atoms with Crippen LogP contribution >= 0.6 is 24.0 Å². The molecule has 0 bridgehead atoms. The predicted octanol–water partition coefficient (Wildman–Crippen LogP) is 3.93.